The predicted octanol–water partition coefficient (Wildman–Crippen LogP) is 4.18. The van der Waals surface area contributed by atoms with Crippen LogP contribution < -0.4 is 17.0 Å². The summed E-state index contributed by atoms with van der Waals surface area (Å²) in [6, 6.07) is 3.84. The minimum absolute atomic E-state index is 0. The summed E-state index contributed by atoms with van der Waals surface area (Å²) in [6.45, 7) is 8.61. The average molecular weight is 568 g/mol. The summed E-state index contributed by atoms with van der Waals surface area (Å²) >= 11 is 1.51. The van der Waals surface area contributed by atoms with Crippen LogP contribution in [0.2, 0.25) is 0 Å². The second-order valence-electron chi connectivity index (χ2n) is 10.4. The molecule has 0 amide bonds. The van der Waals surface area contributed by atoms with Crippen molar-refractivity contribution in [2.75, 3.05) is 19.6 Å². The average Bonchev–Trinajstić information content (AvgIpc) is 3.44. The number of nitrogens with zero attached hydrogens (tertiary/aromatic N) is 2. The van der Waals surface area contributed by atoms with Crippen LogP contribution in [0.15, 0.2) is 28.7 Å². The van der Waals surface area contributed by atoms with Gasteiger partial charge >= 0.3 is 0 Å². The van der Waals surface area contributed by atoms with Crippen molar-refractivity contribution in [1.82, 2.24) is 4.90 Å². The largest absolute Gasteiger partial charge is 1.00 e. The Hall–Kier alpha value is -0.980. The molecule has 1 N–H and O–H groups in total. The third kappa shape index (κ3) is 8.00. The first-order chi connectivity index (χ1) is 16.5. The molecule has 0 radical (unpaired) electrons. The van der Waals surface area contributed by atoms with Gasteiger partial charge in [0, 0.05) is 24.0 Å². The van der Waals surface area contributed by atoms with Gasteiger partial charge in [-0.15, -0.1) is 11.3 Å². The van der Waals surface area contributed by atoms with E-state index in [4.69, 9.17) is 0 Å². The van der Waals surface area contributed by atoms with Crippen molar-refractivity contribution in [3.8, 4) is 0 Å². The van der Waals surface area contributed by atoms with Crippen LogP contribution in [0.5, 0.6) is 0 Å². The SMILES string of the molecule is CCCCCCCCCCCCCCC1(O)C(C)=C(C)C2=[N+](CC(=O)c3cccs3)CCCN21.[Br-]. The number of fused-ring (bicyclic) bond motifs is 1. The highest BCUT2D eigenvalue weighted by atomic mass is 79.9. The molecule has 1 aromatic heterocycles. The molecule has 3 heterocycles. The highest BCUT2D eigenvalue weighted by molar-refractivity contribution is 7.12. The molecule has 0 bridgehead atoms. The van der Waals surface area contributed by atoms with Gasteiger partial charge in [-0.1, -0.05) is 83.6 Å². The second-order valence-corrected chi connectivity index (χ2v) is 11.3. The Morgan fingerprint density at radius 3 is 2.20 bits per heavy atom. The molecule has 0 saturated carbocycles. The van der Waals surface area contributed by atoms with Crippen LogP contribution >= 0.6 is 11.3 Å². The molecule has 4 nitrogen and oxygen atoms in total. The fraction of sp³-hybridized carbons (Fsp3) is 0.724. The van der Waals surface area contributed by atoms with Gasteiger partial charge in [0.05, 0.1) is 18.0 Å². The van der Waals surface area contributed by atoms with E-state index < -0.39 is 5.72 Å². The highest BCUT2D eigenvalue weighted by Gasteiger charge is 2.53. The summed E-state index contributed by atoms with van der Waals surface area (Å²) in [5.41, 5.74) is 1.34. The summed E-state index contributed by atoms with van der Waals surface area (Å²) in [7, 11) is 0. The number of carbonyl (C=O) groups excluding carboxylic acids is 1. The molecule has 3 rings (SSSR count). The maximum atomic E-state index is 12.8. The summed E-state index contributed by atoms with van der Waals surface area (Å²) in [4.78, 5) is 15.8. The molecule has 0 aromatic carbocycles. The van der Waals surface area contributed by atoms with Gasteiger partial charge in [-0.05, 0) is 31.7 Å². The first-order valence-electron chi connectivity index (χ1n) is 13.9. The van der Waals surface area contributed by atoms with Crippen LogP contribution in [0.1, 0.15) is 120 Å². The van der Waals surface area contributed by atoms with Crippen LogP contribution in [-0.2, 0) is 0 Å². The number of ketones is 1. The molecular weight excluding hydrogens is 520 g/mol. The van der Waals surface area contributed by atoms with E-state index in [2.05, 4.69) is 30.2 Å². The predicted molar refractivity (Wildman–Crippen MR) is 144 cm³/mol. The third-order valence-corrected chi connectivity index (χ3v) is 8.73. The number of hydrogen-bond donors (Lipinski definition) is 1. The number of halogens is 1. The maximum absolute atomic E-state index is 12.8. The number of unbranched alkanes of at least 4 members (excludes halogenated alkanes) is 11. The molecule has 0 fully saturated rings. The minimum atomic E-state index is -0.886. The summed E-state index contributed by atoms with van der Waals surface area (Å²) in [5, 5.41) is 13.7. The van der Waals surface area contributed by atoms with Crippen molar-refractivity contribution >= 4 is 23.0 Å². The van der Waals surface area contributed by atoms with Crippen LogP contribution in [0.25, 0.3) is 0 Å². The third-order valence-electron chi connectivity index (χ3n) is 7.82. The standard InChI is InChI=1S/C29H47N2O2S.BrH/c1-4-5-6-7-8-9-10-11-12-13-14-15-19-29(33)25(3)24(2)28-30(20-17-21-31(28)29)23-26(32)27-18-16-22-34-27;/h16,18,22,33H,4-15,17,19-21,23H2,1-3H3;1H/q+1;/p-1. The zero-order chi connectivity index (χ0) is 24.4. The molecule has 0 aliphatic carbocycles. The Morgan fingerprint density at radius 2 is 1.63 bits per heavy atom. The number of Topliss-reactive ketones (excluding diaryl/α,β-unsaturated/α-hetero) is 1. The maximum Gasteiger partial charge on any atom is 0.278 e. The molecule has 0 spiro atoms. The lowest BCUT2D eigenvalue weighted by Crippen LogP contribution is -3.00. The van der Waals surface area contributed by atoms with E-state index in [1.54, 1.807) is 0 Å². The fourth-order valence-corrected chi connectivity index (χ4v) is 6.31. The lowest BCUT2D eigenvalue weighted by atomic mass is 9.96. The van der Waals surface area contributed by atoms with Gasteiger partial charge in [-0.3, -0.25) is 9.37 Å². The molecular formula is C29H47BrN2O2S. The quantitative estimate of drug-likeness (QED) is 0.185. The van der Waals surface area contributed by atoms with Gasteiger partial charge in [0.2, 0.25) is 11.5 Å². The van der Waals surface area contributed by atoms with E-state index in [0.717, 1.165) is 54.2 Å². The van der Waals surface area contributed by atoms with Crippen molar-refractivity contribution < 1.29 is 31.5 Å². The van der Waals surface area contributed by atoms with Crippen LogP contribution in [0, 0.1) is 0 Å². The zero-order valence-electron chi connectivity index (χ0n) is 22.3. The molecule has 2 aliphatic rings. The van der Waals surface area contributed by atoms with Gasteiger partial charge in [0.1, 0.15) is 6.54 Å². The minimum Gasteiger partial charge on any atom is -1.00 e. The molecule has 198 valence electrons. The first kappa shape index (κ1) is 30.2. The molecule has 0 saturated heterocycles. The highest BCUT2D eigenvalue weighted by Crippen LogP contribution is 2.39. The Kier molecular flexibility index (Phi) is 13.2. The summed E-state index contributed by atoms with van der Waals surface area (Å²) < 4.78 is 2.20. The van der Waals surface area contributed by atoms with E-state index in [1.165, 1.54) is 82.0 Å². The van der Waals surface area contributed by atoms with E-state index in [1.807, 2.05) is 17.5 Å². The lowest BCUT2D eigenvalue weighted by Gasteiger charge is -2.34. The van der Waals surface area contributed by atoms with Gasteiger partial charge in [-0.2, -0.15) is 0 Å². The zero-order valence-corrected chi connectivity index (χ0v) is 24.7. The van der Waals surface area contributed by atoms with Crippen molar-refractivity contribution in [3.05, 3.63) is 33.5 Å². The Labute approximate surface area is 228 Å². The summed E-state index contributed by atoms with van der Waals surface area (Å²) in [5.74, 6) is 1.25. The van der Waals surface area contributed by atoms with Crippen molar-refractivity contribution in [2.45, 2.75) is 116 Å². The smallest absolute Gasteiger partial charge is 0.278 e. The van der Waals surface area contributed by atoms with Crippen LogP contribution in [-0.4, -0.2) is 51.6 Å². The Morgan fingerprint density at radius 1 is 1.03 bits per heavy atom. The number of aliphatic hydroxyl groups is 1. The molecule has 2 aliphatic heterocycles. The van der Waals surface area contributed by atoms with Crippen molar-refractivity contribution in [1.29, 1.82) is 0 Å². The molecule has 35 heavy (non-hydrogen) atoms. The lowest BCUT2D eigenvalue weighted by molar-refractivity contribution is -0.526. The van der Waals surface area contributed by atoms with Crippen molar-refractivity contribution in [3.63, 3.8) is 0 Å². The van der Waals surface area contributed by atoms with Gasteiger partial charge in [-0.25, -0.2) is 4.90 Å². The van der Waals surface area contributed by atoms with E-state index in [-0.39, 0.29) is 22.8 Å². The number of hydrogen-bond acceptors (Lipinski definition) is 4. The van der Waals surface area contributed by atoms with Crippen molar-refractivity contribution in [2.24, 2.45) is 0 Å². The van der Waals surface area contributed by atoms with E-state index >= 15 is 0 Å². The molecule has 1 atom stereocenters. The van der Waals surface area contributed by atoms with Crippen LogP contribution in [0.3, 0.4) is 0 Å². The Bertz CT molecular complexity index is 849. The Balaban J connectivity index is 0.00000432. The van der Waals surface area contributed by atoms with Gasteiger partial charge < -0.3 is 22.1 Å². The number of amidine groups is 1. The molecule has 1 aromatic rings. The van der Waals surface area contributed by atoms with E-state index in [0.29, 0.717) is 6.54 Å². The normalized spacial score (nSPS) is 19.8. The number of rotatable bonds is 16. The fourth-order valence-electron chi connectivity index (χ4n) is 5.65. The molecule has 6 heteroatoms. The number of thiophene rings is 1. The number of carbonyl (C=O) groups is 1. The first-order valence-corrected chi connectivity index (χ1v) is 14.7. The van der Waals surface area contributed by atoms with Gasteiger partial charge in [0.15, 0.2) is 0 Å². The second kappa shape index (κ2) is 15.3. The van der Waals surface area contributed by atoms with Gasteiger partial charge in [0.25, 0.3) is 5.84 Å². The summed E-state index contributed by atoms with van der Waals surface area (Å²) in [6.07, 6.45) is 17.7. The topological polar surface area (TPSA) is 43.6 Å². The molecule has 1 unspecified atom stereocenters. The van der Waals surface area contributed by atoms with E-state index in [9.17, 15) is 9.90 Å². The van der Waals surface area contributed by atoms with Crippen LogP contribution in [0.4, 0.5) is 0 Å². The monoisotopic (exact) mass is 566 g/mol.